The van der Waals surface area contributed by atoms with Gasteiger partial charge >= 0.3 is 0 Å². The van der Waals surface area contributed by atoms with E-state index >= 15 is 0 Å². The molecule has 0 spiro atoms. The number of Topliss-reactive ketones (excluding diaryl/α,β-unsaturated/α-hetero) is 1. The topological polar surface area (TPSA) is 70.1 Å². The zero-order valence-electron chi connectivity index (χ0n) is 21.6. The maximum absolute atomic E-state index is 13.5. The molecule has 0 aromatic heterocycles. The molecule has 6 heteroatoms. The Labute approximate surface area is 233 Å². The van der Waals surface area contributed by atoms with E-state index in [9.17, 15) is 10.1 Å². The number of hydrogen-bond acceptors (Lipinski definition) is 5. The van der Waals surface area contributed by atoms with Gasteiger partial charge in [0.05, 0.1) is 17.6 Å². The minimum atomic E-state index is -0.476. The van der Waals surface area contributed by atoms with Crippen LogP contribution in [0.3, 0.4) is 0 Å². The number of halogens is 1. The second kappa shape index (κ2) is 11.1. The van der Waals surface area contributed by atoms with Gasteiger partial charge in [-0.05, 0) is 67.1 Å². The van der Waals surface area contributed by atoms with E-state index in [0.29, 0.717) is 34.8 Å². The van der Waals surface area contributed by atoms with Gasteiger partial charge < -0.3 is 5.73 Å². The van der Waals surface area contributed by atoms with Crippen LogP contribution in [-0.4, -0.2) is 5.78 Å². The lowest BCUT2D eigenvalue weighted by atomic mass is 9.73. The molecule has 1 unspecified atom stereocenters. The Balaban J connectivity index is 1.59. The number of aryl methyl sites for hydroxylation is 1. The van der Waals surface area contributed by atoms with Crippen LogP contribution in [0.1, 0.15) is 53.0 Å². The molecule has 192 valence electrons. The molecule has 4 nitrogen and oxygen atoms in total. The molecule has 3 aromatic carbocycles. The Hall–Kier alpha value is -3.46. The molecule has 5 rings (SSSR count). The first kappa shape index (κ1) is 26.2. The summed E-state index contributed by atoms with van der Waals surface area (Å²) in [5.74, 6) is 1.75. The number of thioether (sulfide) groups is 1. The summed E-state index contributed by atoms with van der Waals surface area (Å²) in [4.78, 5) is 15.4. The van der Waals surface area contributed by atoms with Gasteiger partial charge in [-0.15, -0.1) is 0 Å². The summed E-state index contributed by atoms with van der Waals surface area (Å²) in [7, 11) is 0. The molecule has 1 aliphatic heterocycles. The third kappa shape index (κ3) is 4.99. The van der Waals surface area contributed by atoms with Crippen molar-refractivity contribution >= 4 is 34.8 Å². The molecular formula is C32H30ClN3OS. The molecule has 2 aliphatic rings. The zero-order valence-corrected chi connectivity index (χ0v) is 23.2. The molecule has 0 bridgehead atoms. The van der Waals surface area contributed by atoms with Crippen LogP contribution in [0, 0.1) is 25.2 Å². The van der Waals surface area contributed by atoms with Gasteiger partial charge in [0, 0.05) is 39.9 Å². The average molecular weight is 540 g/mol. The SMILES string of the molecule is Cc1cc(CSCc2ccccc2)c(C)c(C2C(C#N)=C(N)N(c3cccc(Cl)c3)C3=C2C(=O)CCC3)c1. The monoisotopic (exact) mass is 539 g/mol. The Kier molecular flexibility index (Phi) is 7.65. The molecular weight excluding hydrogens is 510 g/mol. The molecule has 38 heavy (non-hydrogen) atoms. The molecule has 1 atom stereocenters. The smallest absolute Gasteiger partial charge is 0.161 e. The average Bonchev–Trinajstić information content (AvgIpc) is 2.90. The zero-order chi connectivity index (χ0) is 26.8. The van der Waals surface area contributed by atoms with Gasteiger partial charge in [0.15, 0.2) is 5.78 Å². The van der Waals surface area contributed by atoms with Crippen LogP contribution in [0.2, 0.25) is 5.02 Å². The Bertz CT molecular complexity index is 1500. The first-order valence-corrected chi connectivity index (χ1v) is 14.4. The van der Waals surface area contributed by atoms with Gasteiger partial charge in [0.25, 0.3) is 0 Å². The van der Waals surface area contributed by atoms with Crippen LogP contribution in [-0.2, 0) is 16.3 Å². The van der Waals surface area contributed by atoms with E-state index in [4.69, 9.17) is 17.3 Å². The van der Waals surface area contributed by atoms with Gasteiger partial charge in [0.1, 0.15) is 5.82 Å². The van der Waals surface area contributed by atoms with Crippen LogP contribution in [0.25, 0.3) is 0 Å². The van der Waals surface area contributed by atoms with Gasteiger partial charge in [0.2, 0.25) is 0 Å². The fourth-order valence-electron chi connectivity index (χ4n) is 5.57. The first-order valence-electron chi connectivity index (χ1n) is 12.8. The van der Waals surface area contributed by atoms with Gasteiger partial charge in [-0.25, -0.2) is 0 Å². The number of allylic oxidation sites excluding steroid dienone is 3. The number of rotatable bonds is 6. The molecule has 2 N–H and O–H groups in total. The van der Waals surface area contributed by atoms with Crippen LogP contribution < -0.4 is 10.6 Å². The van der Waals surface area contributed by atoms with E-state index in [1.807, 2.05) is 40.9 Å². The van der Waals surface area contributed by atoms with Crippen molar-refractivity contribution in [3.05, 3.63) is 122 Å². The minimum absolute atomic E-state index is 0.0874. The molecule has 0 amide bonds. The van der Waals surface area contributed by atoms with Gasteiger partial charge in [-0.3, -0.25) is 9.69 Å². The van der Waals surface area contributed by atoms with Crippen molar-refractivity contribution in [3.63, 3.8) is 0 Å². The summed E-state index contributed by atoms with van der Waals surface area (Å²) in [5, 5.41) is 11.0. The van der Waals surface area contributed by atoms with Crippen molar-refractivity contribution in [1.29, 1.82) is 5.26 Å². The third-order valence-corrected chi connectivity index (χ3v) is 8.65. The normalized spacial score (nSPS) is 17.5. The maximum atomic E-state index is 13.5. The van der Waals surface area contributed by atoms with E-state index in [0.717, 1.165) is 46.0 Å². The van der Waals surface area contributed by atoms with E-state index < -0.39 is 5.92 Å². The predicted molar refractivity (Wildman–Crippen MR) is 157 cm³/mol. The highest BCUT2D eigenvalue weighted by atomic mass is 35.5. The highest BCUT2D eigenvalue weighted by Gasteiger charge is 2.41. The fourth-order valence-corrected chi connectivity index (χ4v) is 6.81. The standard InChI is InChI=1S/C32H30ClN3OS/c1-20-14-23(19-38-18-22-8-4-3-5-9-22)21(2)26(15-20)30-27(17-34)32(35)36(25-11-6-10-24(33)16-25)28-12-7-13-29(37)31(28)30/h3-6,8-11,14-16,30H,7,12-13,18-19,35H2,1-2H3. The summed E-state index contributed by atoms with van der Waals surface area (Å²) in [6.07, 6.45) is 1.95. The van der Waals surface area contributed by atoms with Crippen molar-refractivity contribution in [2.24, 2.45) is 5.73 Å². The maximum Gasteiger partial charge on any atom is 0.161 e. The van der Waals surface area contributed by atoms with E-state index in [-0.39, 0.29) is 5.78 Å². The van der Waals surface area contributed by atoms with Crippen molar-refractivity contribution in [3.8, 4) is 6.07 Å². The third-order valence-electron chi connectivity index (χ3n) is 7.36. The number of hydrogen-bond donors (Lipinski definition) is 1. The summed E-state index contributed by atoms with van der Waals surface area (Å²) < 4.78 is 0. The van der Waals surface area contributed by atoms with Gasteiger partial charge in [-0.1, -0.05) is 65.7 Å². The minimum Gasteiger partial charge on any atom is -0.384 e. The lowest BCUT2D eigenvalue weighted by Gasteiger charge is -2.40. The predicted octanol–water partition coefficient (Wildman–Crippen LogP) is 7.70. The molecule has 0 radical (unpaired) electrons. The second-order valence-corrected chi connectivity index (χ2v) is 11.3. The Morgan fingerprint density at radius 1 is 1.05 bits per heavy atom. The number of nitrogens with two attached hydrogens (primary N) is 1. The molecule has 0 saturated carbocycles. The second-order valence-electron chi connectivity index (χ2n) is 9.91. The number of anilines is 1. The number of benzene rings is 3. The van der Waals surface area contributed by atoms with Crippen molar-refractivity contribution in [2.45, 2.75) is 50.5 Å². The van der Waals surface area contributed by atoms with Crippen LogP contribution in [0.15, 0.2) is 89.4 Å². The van der Waals surface area contributed by atoms with E-state index in [1.54, 1.807) is 6.07 Å². The lowest BCUT2D eigenvalue weighted by Crippen LogP contribution is -2.39. The number of carbonyl (C=O) groups is 1. The lowest BCUT2D eigenvalue weighted by molar-refractivity contribution is -0.116. The van der Waals surface area contributed by atoms with Crippen molar-refractivity contribution in [2.75, 3.05) is 4.90 Å². The molecule has 0 saturated heterocycles. The molecule has 1 heterocycles. The number of carbonyl (C=O) groups excluding carboxylic acids is 1. The summed E-state index contributed by atoms with van der Waals surface area (Å²) in [6, 6.07) is 24.6. The largest absolute Gasteiger partial charge is 0.384 e. The number of ketones is 1. The van der Waals surface area contributed by atoms with E-state index in [2.05, 4.69) is 56.3 Å². The Morgan fingerprint density at radius 3 is 2.58 bits per heavy atom. The Morgan fingerprint density at radius 2 is 1.84 bits per heavy atom. The van der Waals surface area contributed by atoms with E-state index in [1.165, 1.54) is 11.1 Å². The highest BCUT2D eigenvalue weighted by molar-refractivity contribution is 7.97. The van der Waals surface area contributed by atoms with Crippen molar-refractivity contribution in [1.82, 2.24) is 0 Å². The fraction of sp³-hybridized carbons (Fsp3) is 0.250. The van der Waals surface area contributed by atoms with Crippen LogP contribution in [0.4, 0.5) is 5.69 Å². The molecule has 3 aromatic rings. The van der Waals surface area contributed by atoms with Crippen LogP contribution >= 0.6 is 23.4 Å². The quantitative estimate of drug-likeness (QED) is 0.347. The first-order chi connectivity index (χ1) is 18.4. The molecule has 1 aliphatic carbocycles. The van der Waals surface area contributed by atoms with Gasteiger partial charge in [-0.2, -0.15) is 17.0 Å². The molecule has 0 fully saturated rings. The summed E-state index contributed by atoms with van der Waals surface area (Å²) in [6.45, 7) is 4.18. The van der Waals surface area contributed by atoms with Crippen molar-refractivity contribution < 1.29 is 4.79 Å². The number of nitriles is 1. The van der Waals surface area contributed by atoms with Crippen LogP contribution in [0.5, 0.6) is 0 Å². The number of nitrogens with zero attached hydrogens (tertiary/aromatic N) is 2. The summed E-state index contributed by atoms with van der Waals surface area (Å²) in [5.41, 5.74) is 15.2. The highest BCUT2D eigenvalue weighted by Crippen LogP contribution is 2.47. The summed E-state index contributed by atoms with van der Waals surface area (Å²) >= 11 is 8.18.